The van der Waals surface area contributed by atoms with Crippen molar-refractivity contribution >= 4 is 41.1 Å². The number of hydrogen-bond acceptors (Lipinski definition) is 6. The van der Waals surface area contributed by atoms with E-state index in [9.17, 15) is 19.2 Å². The molecule has 33 heavy (non-hydrogen) atoms. The topological polar surface area (TPSA) is 114 Å². The third-order valence-electron chi connectivity index (χ3n) is 5.74. The van der Waals surface area contributed by atoms with Crippen molar-refractivity contribution in [1.82, 2.24) is 10.2 Å². The minimum Gasteiger partial charge on any atom is -0.495 e. The molecule has 2 aromatic rings. The maximum atomic E-state index is 13.2. The number of amides is 4. The molecule has 4 rings (SSSR count). The molecule has 1 spiro atoms. The third kappa shape index (κ3) is 4.36. The molecule has 1 heterocycles. The smallest absolute Gasteiger partial charge is 0.326 e. The highest BCUT2D eigenvalue weighted by Gasteiger charge is 2.54. The molecule has 172 valence electrons. The lowest BCUT2D eigenvalue weighted by molar-refractivity contribution is -0.150. The van der Waals surface area contributed by atoms with Crippen LogP contribution >= 0.6 is 11.6 Å². The van der Waals surface area contributed by atoms with Crippen molar-refractivity contribution in [3.05, 3.63) is 58.6 Å². The van der Waals surface area contributed by atoms with Gasteiger partial charge in [0.05, 0.1) is 12.1 Å². The number of fused-ring (bicyclic) bond motifs is 2. The quantitative estimate of drug-likeness (QED) is 0.494. The van der Waals surface area contributed by atoms with Crippen LogP contribution in [0.25, 0.3) is 0 Å². The number of rotatable bonds is 6. The zero-order valence-corrected chi connectivity index (χ0v) is 18.6. The van der Waals surface area contributed by atoms with Crippen LogP contribution in [-0.2, 0) is 31.1 Å². The Labute approximate surface area is 195 Å². The van der Waals surface area contributed by atoms with E-state index in [2.05, 4.69) is 10.6 Å². The highest BCUT2D eigenvalue weighted by molar-refractivity contribution is 6.32. The number of hydrogen-bond donors (Lipinski definition) is 2. The predicted molar refractivity (Wildman–Crippen MR) is 119 cm³/mol. The first-order valence-electron chi connectivity index (χ1n) is 10.4. The summed E-state index contributed by atoms with van der Waals surface area (Å²) in [5.74, 6) is -1.51. The molecule has 2 aromatic carbocycles. The van der Waals surface area contributed by atoms with Gasteiger partial charge in [-0.2, -0.15) is 0 Å². The molecule has 4 amide bonds. The Kier molecular flexibility index (Phi) is 6.24. The Bertz CT molecular complexity index is 1140. The maximum absolute atomic E-state index is 13.2. The fourth-order valence-corrected chi connectivity index (χ4v) is 4.47. The van der Waals surface area contributed by atoms with Gasteiger partial charge in [0.1, 0.15) is 17.8 Å². The number of imide groups is 1. The number of carbonyl (C=O) groups is 4. The molecule has 0 radical (unpaired) electrons. The fourth-order valence-electron chi connectivity index (χ4n) is 4.22. The zero-order chi connectivity index (χ0) is 23.6. The van der Waals surface area contributed by atoms with E-state index in [1.54, 1.807) is 12.1 Å². The second kappa shape index (κ2) is 9.11. The van der Waals surface area contributed by atoms with E-state index in [1.807, 2.05) is 24.3 Å². The summed E-state index contributed by atoms with van der Waals surface area (Å²) in [6.07, 6.45) is 2.00. The number of anilines is 1. The SMILES string of the molecule is COc1ccc(NC(=O)COC(=O)CN2C(=O)N[C@]3(CCCc4ccccc43)C2=O)cc1Cl. The number of esters is 1. The summed E-state index contributed by atoms with van der Waals surface area (Å²) in [7, 11) is 1.47. The van der Waals surface area contributed by atoms with E-state index in [4.69, 9.17) is 21.1 Å². The first-order valence-corrected chi connectivity index (χ1v) is 10.7. The van der Waals surface area contributed by atoms with E-state index in [1.165, 1.54) is 13.2 Å². The molecule has 2 N–H and O–H groups in total. The van der Waals surface area contributed by atoms with Gasteiger partial charge >= 0.3 is 12.0 Å². The van der Waals surface area contributed by atoms with Gasteiger partial charge in [-0.05, 0) is 48.6 Å². The first-order chi connectivity index (χ1) is 15.8. The average molecular weight is 472 g/mol. The molecule has 1 aliphatic heterocycles. The molecule has 0 saturated carbocycles. The van der Waals surface area contributed by atoms with Crippen molar-refractivity contribution in [3.63, 3.8) is 0 Å². The van der Waals surface area contributed by atoms with Crippen LogP contribution < -0.4 is 15.4 Å². The minimum atomic E-state index is -1.17. The van der Waals surface area contributed by atoms with Gasteiger partial charge in [0.15, 0.2) is 6.61 Å². The zero-order valence-electron chi connectivity index (χ0n) is 17.9. The van der Waals surface area contributed by atoms with Crippen molar-refractivity contribution in [1.29, 1.82) is 0 Å². The summed E-state index contributed by atoms with van der Waals surface area (Å²) >= 11 is 6.02. The Morgan fingerprint density at radius 2 is 2.00 bits per heavy atom. The van der Waals surface area contributed by atoms with Crippen LogP contribution in [-0.4, -0.2) is 49.0 Å². The van der Waals surface area contributed by atoms with Crippen molar-refractivity contribution in [2.24, 2.45) is 0 Å². The van der Waals surface area contributed by atoms with Crippen LogP contribution in [0.3, 0.4) is 0 Å². The number of aryl methyl sites for hydroxylation is 1. The molecule has 1 atom stereocenters. The molecular weight excluding hydrogens is 450 g/mol. The van der Waals surface area contributed by atoms with Crippen LogP contribution in [0.5, 0.6) is 5.75 Å². The number of benzene rings is 2. The number of urea groups is 1. The lowest BCUT2D eigenvalue weighted by Crippen LogP contribution is -2.46. The number of methoxy groups -OCH3 is 1. The van der Waals surface area contributed by atoms with Gasteiger partial charge in [-0.1, -0.05) is 35.9 Å². The van der Waals surface area contributed by atoms with Crippen LogP contribution in [0.15, 0.2) is 42.5 Å². The highest BCUT2D eigenvalue weighted by Crippen LogP contribution is 2.39. The largest absolute Gasteiger partial charge is 0.495 e. The van der Waals surface area contributed by atoms with Gasteiger partial charge in [-0.3, -0.25) is 19.3 Å². The van der Waals surface area contributed by atoms with E-state index in [0.29, 0.717) is 22.9 Å². The lowest BCUT2D eigenvalue weighted by atomic mass is 9.76. The minimum absolute atomic E-state index is 0.309. The van der Waals surface area contributed by atoms with Gasteiger partial charge in [0, 0.05) is 5.69 Å². The summed E-state index contributed by atoms with van der Waals surface area (Å²) in [5, 5.41) is 5.62. The molecule has 1 saturated heterocycles. The summed E-state index contributed by atoms with van der Waals surface area (Å²) < 4.78 is 10.0. The molecule has 1 fully saturated rings. The van der Waals surface area contributed by atoms with E-state index in [0.717, 1.165) is 28.9 Å². The third-order valence-corrected chi connectivity index (χ3v) is 6.03. The number of ether oxygens (including phenoxy) is 2. The molecule has 0 bridgehead atoms. The Balaban J connectivity index is 1.35. The Hall–Kier alpha value is -3.59. The summed E-state index contributed by atoms with van der Waals surface area (Å²) in [6.45, 7) is -1.17. The molecular formula is C23H22ClN3O6. The van der Waals surface area contributed by atoms with Crippen LogP contribution in [0.2, 0.25) is 5.02 Å². The van der Waals surface area contributed by atoms with Crippen LogP contribution in [0, 0.1) is 0 Å². The molecule has 2 aliphatic rings. The number of nitrogens with one attached hydrogen (secondary N) is 2. The standard InChI is InChI=1S/C23H22ClN3O6/c1-32-18-9-8-15(11-17(18)24)25-19(28)13-33-20(29)12-27-21(30)23(26-22(27)31)10-4-6-14-5-2-3-7-16(14)23/h2-3,5,7-9,11H,4,6,10,12-13H2,1H3,(H,25,28)(H,26,31)/t23-/m0/s1. The van der Waals surface area contributed by atoms with Gasteiger partial charge in [0.2, 0.25) is 0 Å². The fraction of sp³-hybridized carbons (Fsp3) is 0.304. The molecule has 9 nitrogen and oxygen atoms in total. The van der Waals surface area contributed by atoms with Gasteiger partial charge in [0.25, 0.3) is 11.8 Å². The number of carbonyl (C=O) groups excluding carboxylic acids is 4. The molecule has 1 aliphatic carbocycles. The van der Waals surface area contributed by atoms with E-state index < -0.39 is 42.5 Å². The van der Waals surface area contributed by atoms with Crippen molar-refractivity contribution in [2.45, 2.75) is 24.8 Å². The van der Waals surface area contributed by atoms with Gasteiger partial charge in [-0.25, -0.2) is 4.79 Å². The summed E-state index contributed by atoms with van der Waals surface area (Å²) in [4.78, 5) is 51.0. The van der Waals surface area contributed by atoms with Gasteiger partial charge < -0.3 is 20.1 Å². The average Bonchev–Trinajstić information content (AvgIpc) is 3.03. The summed E-state index contributed by atoms with van der Waals surface area (Å²) in [5.41, 5.74) is 0.978. The van der Waals surface area contributed by atoms with Crippen LogP contribution in [0.1, 0.15) is 24.0 Å². The number of halogens is 1. The molecule has 0 unspecified atom stereocenters. The highest BCUT2D eigenvalue weighted by atomic mass is 35.5. The Morgan fingerprint density at radius 1 is 1.21 bits per heavy atom. The normalized spacial score (nSPS) is 19.2. The van der Waals surface area contributed by atoms with Crippen molar-refractivity contribution < 1.29 is 28.7 Å². The van der Waals surface area contributed by atoms with E-state index >= 15 is 0 Å². The Morgan fingerprint density at radius 3 is 2.76 bits per heavy atom. The monoisotopic (exact) mass is 471 g/mol. The molecule has 0 aromatic heterocycles. The second-order valence-corrected chi connectivity index (χ2v) is 8.20. The molecule has 10 heteroatoms. The summed E-state index contributed by atoms with van der Waals surface area (Å²) in [6, 6.07) is 11.5. The van der Waals surface area contributed by atoms with E-state index in [-0.39, 0.29) is 0 Å². The van der Waals surface area contributed by atoms with Crippen molar-refractivity contribution in [2.75, 3.05) is 25.6 Å². The lowest BCUT2D eigenvalue weighted by Gasteiger charge is -2.33. The maximum Gasteiger partial charge on any atom is 0.326 e. The second-order valence-electron chi connectivity index (χ2n) is 7.80. The number of nitrogens with zero attached hydrogens (tertiary/aromatic N) is 1. The van der Waals surface area contributed by atoms with Crippen LogP contribution in [0.4, 0.5) is 10.5 Å². The van der Waals surface area contributed by atoms with Crippen molar-refractivity contribution in [3.8, 4) is 5.75 Å². The first kappa shape index (κ1) is 22.6. The predicted octanol–water partition coefficient (Wildman–Crippen LogP) is 2.61. The van der Waals surface area contributed by atoms with Gasteiger partial charge in [-0.15, -0.1) is 0 Å².